The number of carbonyl (C=O) groups excluding carboxylic acids is 1. The summed E-state index contributed by atoms with van der Waals surface area (Å²) in [6.45, 7) is 7.44. The summed E-state index contributed by atoms with van der Waals surface area (Å²) in [7, 11) is 6.93. The van der Waals surface area contributed by atoms with Gasteiger partial charge in [-0.3, -0.25) is 4.79 Å². The van der Waals surface area contributed by atoms with Crippen molar-refractivity contribution in [3.8, 4) is 17.2 Å². The number of methoxy groups -OCH3 is 2. The highest BCUT2D eigenvalue weighted by Crippen LogP contribution is 2.33. The molecule has 0 unspecified atom stereocenters. The lowest BCUT2D eigenvalue weighted by atomic mass is 10.1. The maximum absolute atomic E-state index is 11.2. The second-order valence-electron chi connectivity index (χ2n) is 8.78. The van der Waals surface area contributed by atoms with Crippen LogP contribution in [-0.2, 0) is 6.61 Å². The van der Waals surface area contributed by atoms with E-state index in [0.717, 1.165) is 56.1 Å². The standard InChI is InChI=1S/C26H30ClN5O4.C2H7N/c1-4-31-7-9-32(10-8-31)22-6-5-20(13-23(22)34-2)30-26-28-14-21(15-29-26)36-17-19-11-18(16-33)12-24(35-3)25(19)27;1-3-2/h5-6,11-16H,4,7-10,17H2,1-3H3,(H,28,29,30);3H,1-2H3. The number of nitrogens with zero attached hydrogens (tertiary/aromatic N) is 4. The first kappa shape index (κ1) is 29.9. The minimum atomic E-state index is 0.137. The van der Waals surface area contributed by atoms with E-state index < -0.39 is 0 Å². The van der Waals surface area contributed by atoms with Crippen LogP contribution < -0.4 is 29.7 Å². The van der Waals surface area contributed by atoms with E-state index in [-0.39, 0.29) is 6.61 Å². The van der Waals surface area contributed by atoms with Crippen molar-refractivity contribution in [1.82, 2.24) is 20.2 Å². The van der Waals surface area contributed by atoms with E-state index in [2.05, 4.69) is 43.4 Å². The number of benzene rings is 2. The molecule has 1 saturated heterocycles. The third-order valence-electron chi connectivity index (χ3n) is 6.11. The number of ether oxygens (including phenoxy) is 3. The zero-order valence-electron chi connectivity index (χ0n) is 23.2. The molecule has 0 amide bonds. The molecule has 1 aromatic heterocycles. The van der Waals surface area contributed by atoms with Gasteiger partial charge in [0.05, 0.1) is 37.3 Å². The second-order valence-corrected chi connectivity index (χ2v) is 9.16. The van der Waals surface area contributed by atoms with Crippen molar-refractivity contribution >= 4 is 35.2 Å². The van der Waals surface area contributed by atoms with Gasteiger partial charge in [0.1, 0.15) is 24.4 Å². The van der Waals surface area contributed by atoms with Crippen LogP contribution in [0, 0.1) is 0 Å². The average molecular weight is 557 g/mol. The van der Waals surface area contributed by atoms with E-state index in [9.17, 15) is 4.79 Å². The lowest BCUT2D eigenvalue weighted by Gasteiger charge is -2.36. The van der Waals surface area contributed by atoms with Gasteiger partial charge in [-0.15, -0.1) is 0 Å². The third-order valence-corrected chi connectivity index (χ3v) is 6.54. The fourth-order valence-corrected chi connectivity index (χ4v) is 4.31. The summed E-state index contributed by atoms with van der Waals surface area (Å²) < 4.78 is 16.7. The molecule has 0 bridgehead atoms. The topological polar surface area (TPSA) is 101 Å². The molecule has 1 aliphatic rings. The Bertz CT molecular complexity index is 1200. The molecule has 2 heterocycles. The van der Waals surface area contributed by atoms with Gasteiger partial charge in [-0.05, 0) is 44.9 Å². The molecule has 2 aromatic carbocycles. The van der Waals surface area contributed by atoms with Crippen molar-refractivity contribution < 1.29 is 19.0 Å². The number of hydrogen-bond acceptors (Lipinski definition) is 10. The van der Waals surface area contributed by atoms with E-state index in [1.165, 1.54) is 7.11 Å². The molecule has 0 spiro atoms. The van der Waals surface area contributed by atoms with Gasteiger partial charge in [0.25, 0.3) is 0 Å². The zero-order valence-corrected chi connectivity index (χ0v) is 23.9. The minimum Gasteiger partial charge on any atom is -0.495 e. The van der Waals surface area contributed by atoms with Gasteiger partial charge in [-0.1, -0.05) is 18.5 Å². The second kappa shape index (κ2) is 15.1. The Morgan fingerprint density at radius 2 is 1.67 bits per heavy atom. The van der Waals surface area contributed by atoms with E-state index in [0.29, 0.717) is 33.6 Å². The summed E-state index contributed by atoms with van der Waals surface area (Å²) in [5, 5.41) is 6.35. The van der Waals surface area contributed by atoms with Crippen molar-refractivity contribution in [2.24, 2.45) is 0 Å². The number of anilines is 3. The molecule has 210 valence electrons. The highest BCUT2D eigenvalue weighted by molar-refractivity contribution is 6.33. The fraction of sp³-hybridized carbons (Fsp3) is 0.393. The predicted molar refractivity (Wildman–Crippen MR) is 155 cm³/mol. The summed E-state index contributed by atoms with van der Waals surface area (Å²) >= 11 is 6.34. The zero-order chi connectivity index (χ0) is 28.2. The van der Waals surface area contributed by atoms with Crippen LogP contribution in [0.5, 0.6) is 17.2 Å². The molecule has 0 atom stereocenters. The molecule has 4 rings (SSSR count). The van der Waals surface area contributed by atoms with E-state index in [1.807, 2.05) is 26.2 Å². The van der Waals surface area contributed by atoms with Crippen molar-refractivity contribution in [2.75, 3.05) is 71.3 Å². The molecule has 39 heavy (non-hydrogen) atoms. The Kier molecular flexibility index (Phi) is 11.6. The molecule has 1 fully saturated rings. The van der Waals surface area contributed by atoms with Gasteiger partial charge < -0.3 is 34.6 Å². The number of likely N-dealkylation sites (N-methyl/N-ethyl adjacent to an activating group) is 1. The van der Waals surface area contributed by atoms with Gasteiger partial charge in [-0.2, -0.15) is 0 Å². The van der Waals surface area contributed by atoms with Crippen LogP contribution in [0.1, 0.15) is 22.8 Å². The van der Waals surface area contributed by atoms with Gasteiger partial charge in [0.2, 0.25) is 5.95 Å². The molecule has 0 aliphatic carbocycles. The Morgan fingerprint density at radius 1 is 1.00 bits per heavy atom. The van der Waals surface area contributed by atoms with Crippen molar-refractivity contribution in [1.29, 1.82) is 0 Å². The quantitative estimate of drug-likeness (QED) is 0.352. The maximum Gasteiger partial charge on any atom is 0.227 e. The lowest BCUT2D eigenvalue weighted by Crippen LogP contribution is -2.46. The fourth-order valence-electron chi connectivity index (χ4n) is 4.07. The van der Waals surface area contributed by atoms with E-state index in [4.69, 9.17) is 25.8 Å². The average Bonchev–Trinajstić information content (AvgIpc) is 2.97. The summed E-state index contributed by atoms with van der Waals surface area (Å²) in [5.74, 6) is 2.11. The normalized spacial score (nSPS) is 13.2. The van der Waals surface area contributed by atoms with Crippen molar-refractivity contribution in [2.45, 2.75) is 13.5 Å². The van der Waals surface area contributed by atoms with Crippen LogP contribution in [0.3, 0.4) is 0 Å². The monoisotopic (exact) mass is 556 g/mol. The number of carbonyl (C=O) groups is 1. The summed E-state index contributed by atoms with van der Waals surface area (Å²) in [5.41, 5.74) is 2.98. The number of nitrogens with one attached hydrogen (secondary N) is 2. The van der Waals surface area contributed by atoms with Crippen molar-refractivity contribution in [3.05, 3.63) is 58.9 Å². The summed E-state index contributed by atoms with van der Waals surface area (Å²) in [6.07, 6.45) is 3.88. The Labute approximate surface area is 235 Å². The van der Waals surface area contributed by atoms with Crippen LogP contribution >= 0.6 is 11.6 Å². The van der Waals surface area contributed by atoms with Gasteiger partial charge in [0, 0.05) is 49.1 Å². The number of piperazine rings is 1. The molecular weight excluding hydrogens is 520 g/mol. The molecule has 0 radical (unpaired) electrons. The van der Waals surface area contributed by atoms with Gasteiger partial charge in [-0.25, -0.2) is 9.97 Å². The van der Waals surface area contributed by atoms with Crippen LogP contribution in [-0.4, -0.2) is 82.2 Å². The maximum atomic E-state index is 11.2. The van der Waals surface area contributed by atoms with E-state index >= 15 is 0 Å². The summed E-state index contributed by atoms with van der Waals surface area (Å²) in [6, 6.07) is 9.25. The number of hydrogen-bond donors (Lipinski definition) is 2. The minimum absolute atomic E-state index is 0.137. The first-order valence-corrected chi connectivity index (χ1v) is 13.1. The van der Waals surface area contributed by atoms with Crippen LogP contribution in [0.2, 0.25) is 5.02 Å². The lowest BCUT2D eigenvalue weighted by molar-refractivity contribution is 0.112. The SMILES string of the molecule is CCN1CCN(c2ccc(Nc3ncc(OCc4cc(C=O)cc(OC)c4Cl)cn3)cc2OC)CC1.CNC. The highest BCUT2D eigenvalue weighted by Gasteiger charge is 2.19. The predicted octanol–water partition coefficient (Wildman–Crippen LogP) is 4.26. The Balaban J connectivity index is 0.00000134. The molecule has 0 saturated carbocycles. The largest absolute Gasteiger partial charge is 0.495 e. The number of aromatic nitrogens is 2. The van der Waals surface area contributed by atoms with Crippen LogP contribution in [0.15, 0.2) is 42.7 Å². The molecule has 11 heteroatoms. The molecule has 1 aliphatic heterocycles. The number of aldehydes is 1. The van der Waals surface area contributed by atoms with Gasteiger partial charge in [0.15, 0.2) is 5.75 Å². The number of halogens is 1. The van der Waals surface area contributed by atoms with Crippen LogP contribution in [0.25, 0.3) is 0 Å². The smallest absolute Gasteiger partial charge is 0.227 e. The molecule has 2 N–H and O–H groups in total. The first-order valence-electron chi connectivity index (χ1n) is 12.7. The summed E-state index contributed by atoms with van der Waals surface area (Å²) in [4.78, 5) is 24.7. The number of rotatable bonds is 10. The van der Waals surface area contributed by atoms with E-state index in [1.54, 1.807) is 31.6 Å². The highest BCUT2D eigenvalue weighted by atomic mass is 35.5. The molecular formula is C28H37ClN6O4. The first-order chi connectivity index (χ1) is 19.0. The molecule has 10 nitrogen and oxygen atoms in total. The molecule has 3 aromatic rings. The Hall–Kier alpha value is -3.60. The van der Waals surface area contributed by atoms with Gasteiger partial charge >= 0.3 is 0 Å². The van der Waals surface area contributed by atoms with Crippen molar-refractivity contribution in [3.63, 3.8) is 0 Å². The third kappa shape index (κ3) is 8.19. The Morgan fingerprint density at radius 3 is 2.26 bits per heavy atom. The van der Waals surface area contributed by atoms with Crippen LogP contribution in [0.4, 0.5) is 17.3 Å².